The first-order chi connectivity index (χ1) is 9.74. The van der Waals surface area contributed by atoms with E-state index in [0.29, 0.717) is 4.47 Å². The van der Waals surface area contributed by atoms with Crippen LogP contribution < -0.4 is 5.32 Å². The highest BCUT2D eigenvalue weighted by Gasteiger charge is 2.24. The molecule has 21 heavy (non-hydrogen) atoms. The summed E-state index contributed by atoms with van der Waals surface area (Å²) >= 11 is 3.31. The van der Waals surface area contributed by atoms with Gasteiger partial charge in [0.15, 0.2) is 0 Å². The molecule has 0 amide bonds. The minimum absolute atomic E-state index is 0. The third kappa shape index (κ3) is 5.20. The lowest BCUT2D eigenvalue weighted by Crippen LogP contribution is -2.45. The normalized spacial score (nSPS) is 17.3. The van der Waals surface area contributed by atoms with Crippen LogP contribution in [0.5, 0.6) is 0 Å². The van der Waals surface area contributed by atoms with Crippen molar-refractivity contribution in [1.29, 1.82) is 0 Å². The fraction of sp³-hybridized carbons (Fsp3) is 0.625. The molecule has 2 nitrogen and oxygen atoms in total. The zero-order valence-electron chi connectivity index (χ0n) is 12.6. The molecular weight excluding hydrogens is 355 g/mol. The van der Waals surface area contributed by atoms with Crippen LogP contribution in [0.1, 0.15) is 44.2 Å². The maximum Gasteiger partial charge on any atom is 0.142 e. The number of nitrogens with zero attached hydrogens (tertiary/aromatic N) is 1. The van der Waals surface area contributed by atoms with Crippen molar-refractivity contribution in [3.05, 3.63) is 34.1 Å². The molecule has 5 heteroatoms. The Kier molecular flexibility index (Phi) is 8.79. The lowest BCUT2D eigenvalue weighted by Gasteiger charge is -2.35. The van der Waals surface area contributed by atoms with Crippen LogP contribution in [0.3, 0.4) is 0 Å². The second-order valence-electron chi connectivity index (χ2n) is 5.44. The van der Waals surface area contributed by atoms with Crippen molar-refractivity contribution < 1.29 is 4.39 Å². The average molecular weight is 380 g/mol. The van der Waals surface area contributed by atoms with E-state index in [1.807, 2.05) is 12.1 Å². The molecule has 1 aromatic carbocycles. The van der Waals surface area contributed by atoms with Crippen LogP contribution in [0, 0.1) is 5.82 Å². The van der Waals surface area contributed by atoms with E-state index in [0.717, 1.165) is 44.6 Å². The van der Waals surface area contributed by atoms with Crippen molar-refractivity contribution in [3.8, 4) is 0 Å². The summed E-state index contributed by atoms with van der Waals surface area (Å²) in [5, 5.41) is 3.37. The van der Waals surface area contributed by atoms with Crippen LogP contribution in [0.25, 0.3) is 0 Å². The smallest absolute Gasteiger partial charge is 0.142 e. The quantitative estimate of drug-likeness (QED) is 0.730. The summed E-state index contributed by atoms with van der Waals surface area (Å²) < 4.78 is 15.0. The molecule has 0 unspecified atom stereocenters. The van der Waals surface area contributed by atoms with Gasteiger partial charge in [-0.1, -0.05) is 38.3 Å². The summed E-state index contributed by atoms with van der Waals surface area (Å²) in [7, 11) is 0. The molecule has 1 aromatic rings. The predicted molar refractivity (Wildman–Crippen MR) is 92.7 cm³/mol. The van der Waals surface area contributed by atoms with Gasteiger partial charge in [0.2, 0.25) is 0 Å². The summed E-state index contributed by atoms with van der Waals surface area (Å²) in [5.41, 5.74) is 0.845. The Morgan fingerprint density at radius 3 is 2.67 bits per heavy atom. The monoisotopic (exact) mass is 378 g/mol. The Labute approximate surface area is 142 Å². The van der Waals surface area contributed by atoms with E-state index in [4.69, 9.17) is 0 Å². The van der Waals surface area contributed by atoms with Gasteiger partial charge in [-0.05, 0) is 28.4 Å². The largest absolute Gasteiger partial charge is 0.314 e. The first kappa shape index (κ1) is 18.9. The second-order valence-corrected chi connectivity index (χ2v) is 6.29. The SMILES string of the molecule is CCCCC[C@@H](c1cccc(Br)c1F)N1CCNCC1.Cl. The van der Waals surface area contributed by atoms with Crippen LogP contribution in [-0.2, 0) is 0 Å². The van der Waals surface area contributed by atoms with E-state index < -0.39 is 0 Å². The molecule has 0 radical (unpaired) electrons. The number of unbranched alkanes of at least 4 members (excludes halogenated alkanes) is 2. The lowest BCUT2D eigenvalue weighted by molar-refractivity contribution is 0.159. The highest BCUT2D eigenvalue weighted by molar-refractivity contribution is 9.10. The number of piperazine rings is 1. The first-order valence-electron chi connectivity index (χ1n) is 7.62. The molecule has 1 aliphatic heterocycles. The van der Waals surface area contributed by atoms with Crippen LogP contribution >= 0.6 is 28.3 Å². The first-order valence-corrected chi connectivity index (χ1v) is 8.42. The summed E-state index contributed by atoms with van der Waals surface area (Å²) in [6.07, 6.45) is 4.63. The third-order valence-electron chi connectivity index (χ3n) is 4.01. The lowest BCUT2D eigenvalue weighted by atomic mass is 9.97. The van der Waals surface area contributed by atoms with Gasteiger partial charge in [-0.2, -0.15) is 0 Å². The van der Waals surface area contributed by atoms with Crippen molar-refractivity contribution in [2.24, 2.45) is 0 Å². The van der Waals surface area contributed by atoms with E-state index >= 15 is 0 Å². The Morgan fingerprint density at radius 2 is 2.00 bits per heavy atom. The number of nitrogens with one attached hydrogen (secondary N) is 1. The van der Waals surface area contributed by atoms with E-state index in [9.17, 15) is 4.39 Å². The molecule has 0 aliphatic carbocycles. The maximum absolute atomic E-state index is 14.4. The van der Waals surface area contributed by atoms with Crippen LogP contribution in [0.2, 0.25) is 0 Å². The number of hydrogen-bond donors (Lipinski definition) is 1. The second kappa shape index (κ2) is 9.78. The summed E-state index contributed by atoms with van der Waals surface area (Å²) in [4.78, 5) is 2.43. The number of benzene rings is 1. The van der Waals surface area contributed by atoms with E-state index in [1.54, 1.807) is 6.07 Å². The molecule has 2 rings (SSSR count). The fourth-order valence-corrected chi connectivity index (χ4v) is 3.28. The molecular formula is C16H25BrClFN2. The fourth-order valence-electron chi connectivity index (χ4n) is 2.89. The molecule has 0 bridgehead atoms. The molecule has 1 atom stereocenters. The molecule has 1 N–H and O–H groups in total. The van der Waals surface area contributed by atoms with Gasteiger partial charge in [-0.25, -0.2) is 4.39 Å². The predicted octanol–water partition coefficient (Wildman–Crippen LogP) is 4.54. The van der Waals surface area contributed by atoms with Gasteiger partial charge in [0, 0.05) is 37.8 Å². The summed E-state index contributed by atoms with van der Waals surface area (Å²) in [6, 6.07) is 5.87. The molecule has 0 aromatic heterocycles. The van der Waals surface area contributed by atoms with Gasteiger partial charge in [0.05, 0.1) is 4.47 Å². The van der Waals surface area contributed by atoms with Gasteiger partial charge in [-0.3, -0.25) is 4.90 Å². The van der Waals surface area contributed by atoms with Gasteiger partial charge in [0.25, 0.3) is 0 Å². The minimum atomic E-state index is -0.0902. The number of hydrogen-bond acceptors (Lipinski definition) is 2. The molecule has 120 valence electrons. The highest BCUT2D eigenvalue weighted by atomic mass is 79.9. The Bertz CT molecular complexity index is 425. The standard InChI is InChI=1S/C16H24BrFN2.ClH/c1-2-3-4-8-15(20-11-9-19-10-12-20)13-6-5-7-14(17)16(13)18;/h5-7,15,19H,2-4,8-12H2,1H3;1H/t15-;/m0./s1. The van der Waals surface area contributed by atoms with Gasteiger partial charge in [-0.15, -0.1) is 12.4 Å². The maximum atomic E-state index is 14.4. The average Bonchev–Trinajstić information content (AvgIpc) is 2.48. The molecule has 1 heterocycles. The molecule has 0 saturated carbocycles. The Balaban J connectivity index is 0.00000220. The zero-order valence-corrected chi connectivity index (χ0v) is 15.0. The van der Waals surface area contributed by atoms with Crippen LogP contribution in [-0.4, -0.2) is 31.1 Å². The van der Waals surface area contributed by atoms with Crippen LogP contribution in [0.15, 0.2) is 22.7 Å². The topological polar surface area (TPSA) is 15.3 Å². The van der Waals surface area contributed by atoms with Gasteiger partial charge in [0.1, 0.15) is 5.82 Å². The van der Waals surface area contributed by atoms with Crippen molar-refractivity contribution in [2.45, 2.75) is 38.6 Å². The minimum Gasteiger partial charge on any atom is -0.314 e. The Morgan fingerprint density at radius 1 is 1.29 bits per heavy atom. The Hall–Kier alpha value is -0.160. The van der Waals surface area contributed by atoms with Gasteiger partial charge >= 0.3 is 0 Å². The van der Waals surface area contributed by atoms with Crippen LogP contribution in [0.4, 0.5) is 4.39 Å². The third-order valence-corrected chi connectivity index (χ3v) is 4.63. The summed E-state index contributed by atoms with van der Waals surface area (Å²) in [5.74, 6) is -0.0902. The molecule has 0 spiro atoms. The summed E-state index contributed by atoms with van der Waals surface area (Å²) in [6.45, 7) is 6.21. The van der Waals surface area contributed by atoms with E-state index in [1.165, 1.54) is 12.8 Å². The molecule has 1 saturated heterocycles. The molecule has 1 fully saturated rings. The molecule has 1 aliphatic rings. The number of halogens is 3. The van der Waals surface area contributed by atoms with Gasteiger partial charge < -0.3 is 5.32 Å². The number of rotatable bonds is 6. The van der Waals surface area contributed by atoms with E-state index in [2.05, 4.69) is 33.1 Å². The van der Waals surface area contributed by atoms with Crippen molar-refractivity contribution in [3.63, 3.8) is 0 Å². The van der Waals surface area contributed by atoms with Crippen molar-refractivity contribution >= 4 is 28.3 Å². The van der Waals surface area contributed by atoms with Crippen molar-refractivity contribution in [2.75, 3.05) is 26.2 Å². The van der Waals surface area contributed by atoms with E-state index in [-0.39, 0.29) is 24.3 Å². The highest BCUT2D eigenvalue weighted by Crippen LogP contribution is 2.31. The zero-order chi connectivity index (χ0) is 14.4. The van der Waals surface area contributed by atoms with Crippen molar-refractivity contribution in [1.82, 2.24) is 10.2 Å².